The van der Waals surface area contributed by atoms with E-state index in [9.17, 15) is 13.2 Å². The number of rotatable bonds is 11. The van der Waals surface area contributed by atoms with Crippen molar-refractivity contribution in [1.29, 1.82) is 0 Å². The van der Waals surface area contributed by atoms with Crippen molar-refractivity contribution in [2.75, 3.05) is 46.2 Å². The van der Waals surface area contributed by atoms with Crippen LogP contribution in [0, 0.1) is 17.8 Å². The molecule has 0 aliphatic carbocycles. The molecule has 0 spiro atoms. The van der Waals surface area contributed by atoms with E-state index in [1.807, 2.05) is 0 Å². The smallest absolute Gasteiger partial charge is 0.307 e. The fourth-order valence-corrected chi connectivity index (χ4v) is 5.88. The second-order valence-electron chi connectivity index (χ2n) is 9.78. The van der Waals surface area contributed by atoms with Gasteiger partial charge in [-0.05, 0) is 67.2 Å². The van der Waals surface area contributed by atoms with E-state index in [-0.39, 0.29) is 36.6 Å². The average molecular weight is 497 g/mol. The van der Waals surface area contributed by atoms with Crippen LogP contribution in [0.3, 0.4) is 0 Å². The fraction of sp³-hybridized carbons (Fsp3) is 0.720. The van der Waals surface area contributed by atoms with E-state index in [4.69, 9.17) is 14.2 Å². The zero-order chi connectivity index (χ0) is 24.9. The maximum atomic E-state index is 12.3. The largest absolute Gasteiger partial charge is 0.493 e. The lowest BCUT2D eigenvalue weighted by Gasteiger charge is -2.47. The summed E-state index contributed by atoms with van der Waals surface area (Å²) in [5.74, 6) is 2.39. The lowest BCUT2D eigenvalue weighted by molar-refractivity contribution is -0.146. The van der Waals surface area contributed by atoms with E-state index in [0.717, 1.165) is 43.9 Å². The predicted molar refractivity (Wildman–Crippen MR) is 132 cm³/mol. The van der Waals surface area contributed by atoms with Crippen molar-refractivity contribution in [1.82, 2.24) is 9.62 Å². The average Bonchev–Trinajstić information content (AvgIpc) is 2.81. The van der Waals surface area contributed by atoms with Gasteiger partial charge in [0.1, 0.15) is 0 Å². The molecule has 2 heterocycles. The van der Waals surface area contributed by atoms with Gasteiger partial charge in [0.15, 0.2) is 11.5 Å². The van der Waals surface area contributed by atoms with Crippen molar-refractivity contribution < 1.29 is 27.4 Å². The summed E-state index contributed by atoms with van der Waals surface area (Å²) >= 11 is 0. The van der Waals surface area contributed by atoms with Crippen molar-refractivity contribution in [2.24, 2.45) is 17.8 Å². The van der Waals surface area contributed by atoms with Crippen molar-refractivity contribution in [2.45, 2.75) is 52.5 Å². The summed E-state index contributed by atoms with van der Waals surface area (Å²) < 4.78 is 42.3. The van der Waals surface area contributed by atoms with Gasteiger partial charge in [0.2, 0.25) is 10.0 Å². The number of ether oxygens (including phenoxy) is 3. The minimum atomic E-state index is -3.31. The minimum Gasteiger partial charge on any atom is -0.493 e. The molecule has 192 valence electrons. The van der Waals surface area contributed by atoms with Gasteiger partial charge >= 0.3 is 5.97 Å². The minimum absolute atomic E-state index is 0.00295. The summed E-state index contributed by atoms with van der Waals surface area (Å²) in [6.07, 6.45) is 3.01. The molecule has 1 N–H and O–H groups in total. The molecule has 0 bridgehead atoms. The molecule has 0 radical (unpaired) electrons. The Morgan fingerprint density at radius 3 is 2.53 bits per heavy atom. The third-order valence-corrected chi connectivity index (χ3v) is 8.44. The molecular formula is C25H40N2O6S. The van der Waals surface area contributed by atoms with E-state index < -0.39 is 10.0 Å². The number of nitrogens with one attached hydrogen (secondary N) is 1. The number of esters is 1. The molecular weight excluding hydrogens is 456 g/mol. The molecule has 1 aromatic rings. The Morgan fingerprint density at radius 1 is 1.18 bits per heavy atom. The number of benzene rings is 1. The van der Waals surface area contributed by atoms with E-state index in [1.54, 1.807) is 21.1 Å². The van der Waals surface area contributed by atoms with Gasteiger partial charge in [0.05, 0.1) is 33.0 Å². The highest BCUT2D eigenvalue weighted by atomic mass is 32.2. The van der Waals surface area contributed by atoms with Gasteiger partial charge in [-0.2, -0.15) is 0 Å². The summed E-state index contributed by atoms with van der Waals surface area (Å²) in [7, 11) is 0.0128. The highest BCUT2D eigenvalue weighted by Gasteiger charge is 2.40. The number of carbonyl (C=O) groups is 1. The normalized spacial score (nSPS) is 22.7. The Bertz CT molecular complexity index is 949. The zero-order valence-corrected chi connectivity index (χ0v) is 21.9. The van der Waals surface area contributed by atoms with Gasteiger partial charge in [0.25, 0.3) is 0 Å². The van der Waals surface area contributed by atoms with Crippen LogP contribution in [0.15, 0.2) is 12.1 Å². The van der Waals surface area contributed by atoms with Gasteiger partial charge in [-0.1, -0.05) is 13.8 Å². The lowest BCUT2D eigenvalue weighted by atomic mass is 9.74. The molecule has 0 amide bonds. The van der Waals surface area contributed by atoms with Crippen molar-refractivity contribution >= 4 is 16.0 Å². The van der Waals surface area contributed by atoms with E-state index in [2.05, 4.69) is 35.6 Å². The lowest BCUT2D eigenvalue weighted by Crippen LogP contribution is -2.47. The molecule has 3 rings (SSSR count). The topological polar surface area (TPSA) is 94.2 Å². The van der Waals surface area contributed by atoms with Gasteiger partial charge in [-0.3, -0.25) is 9.69 Å². The van der Waals surface area contributed by atoms with Crippen molar-refractivity contribution in [3.05, 3.63) is 23.3 Å². The van der Waals surface area contributed by atoms with Crippen LogP contribution >= 0.6 is 0 Å². The van der Waals surface area contributed by atoms with Crippen LogP contribution in [0.1, 0.15) is 57.2 Å². The molecule has 0 saturated carbocycles. The van der Waals surface area contributed by atoms with E-state index in [0.29, 0.717) is 18.4 Å². The molecule has 0 aromatic heterocycles. The monoisotopic (exact) mass is 496 g/mol. The molecule has 1 aromatic carbocycles. The number of sulfonamides is 1. The molecule has 2 aliphatic heterocycles. The zero-order valence-electron chi connectivity index (χ0n) is 21.1. The van der Waals surface area contributed by atoms with E-state index >= 15 is 0 Å². The molecule has 0 unspecified atom stereocenters. The maximum absolute atomic E-state index is 12.3. The summed E-state index contributed by atoms with van der Waals surface area (Å²) in [6.45, 7) is 8.46. The molecule has 34 heavy (non-hydrogen) atoms. The maximum Gasteiger partial charge on any atom is 0.307 e. The van der Waals surface area contributed by atoms with Crippen LogP contribution in [0.5, 0.6) is 11.5 Å². The number of piperidine rings is 1. The summed E-state index contributed by atoms with van der Waals surface area (Å²) in [5.41, 5.74) is 2.57. The van der Waals surface area contributed by atoms with Gasteiger partial charge in [0, 0.05) is 25.7 Å². The summed E-state index contributed by atoms with van der Waals surface area (Å²) in [4.78, 5) is 14.9. The number of carbonyl (C=O) groups excluding carboxylic acids is 1. The van der Waals surface area contributed by atoms with Crippen LogP contribution in [-0.4, -0.2) is 65.5 Å². The Hall–Kier alpha value is -1.84. The Labute approximate surface area is 204 Å². The van der Waals surface area contributed by atoms with Crippen LogP contribution < -0.4 is 14.2 Å². The number of methoxy groups -OCH3 is 2. The van der Waals surface area contributed by atoms with Crippen LogP contribution in [-0.2, 0) is 26.0 Å². The molecule has 1 saturated heterocycles. The first-order valence-corrected chi connectivity index (χ1v) is 13.9. The summed E-state index contributed by atoms with van der Waals surface area (Å²) in [6, 6.07) is 4.46. The number of nitrogens with zero attached hydrogens (tertiary/aromatic N) is 1. The summed E-state index contributed by atoms with van der Waals surface area (Å²) in [5, 5.41) is 0. The van der Waals surface area contributed by atoms with Crippen LogP contribution in [0.2, 0.25) is 0 Å². The van der Waals surface area contributed by atoms with Gasteiger partial charge in [-0.25, -0.2) is 13.1 Å². The first-order chi connectivity index (χ1) is 16.2. The second-order valence-corrected chi connectivity index (χ2v) is 11.9. The van der Waals surface area contributed by atoms with Crippen molar-refractivity contribution in [3.8, 4) is 11.5 Å². The number of hydrogen-bond donors (Lipinski definition) is 1. The molecule has 3 atom stereocenters. The first-order valence-electron chi connectivity index (χ1n) is 12.3. The highest BCUT2D eigenvalue weighted by molar-refractivity contribution is 7.89. The van der Waals surface area contributed by atoms with Gasteiger partial charge in [-0.15, -0.1) is 0 Å². The predicted octanol–water partition coefficient (Wildman–Crippen LogP) is 3.16. The van der Waals surface area contributed by atoms with Gasteiger partial charge < -0.3 is 14.2 Å². The second kappa shape index (κ2) is 11.7. The van der Waals surface area contributed by atoms with Crippen LogP contribution in [0.25, 0.3) is 0 Å². The standard InChI is InChI=1S/C25H40N2O6S/c1-6-34(29,30)26-9-7-25(28)33-16-20-12-22-21-14-24(32-5)23(31-4)13-18(21)8-10-27(22)15-19(20)11-17(2)3/h13-14,17,19-20,22,26H,6-12,15-16H2,1-5H3/t19-,20+,22-/m1/s1. The number of fused-ring (bicyclic) bond motifs is 3. The first kappa shape index (κ1) is 26.8. The van der Waals surface area contributed by atoms with E-state index in [1.165, 1.54) is 11.1 Å². The Balaban J connectivity index is 1.70. The molecule has 8 nitrogen and oxygen atoms in total. The SMILES string of the molecule is CCS(=O)(=O)NCCC(=O)OC[C@@H]1C[C@@H]2c3cc(OC)c(OC)cc3CCN2C[C@H]1CC(C)C. The fourth-order valence-electron chi connectivity index (χ4n) is 5.26. The molecule has 1 fully saturated rings. The third kappa shape index (κ3) is 6.64. The van der Waals surface area contributed by atoms with Crippen molar-refractivity contribution in [3.63, 3.8) is 0 Å². The number of hydrogen-bond acceptors (Lipinski definition) is 7. The highest BCUT2D eigenvalue weighted by Crippen LogP contribution is 2.45. The Kier molecular flexibility index (Phi) is 9.23. The van der Waals surface area contributed by atoms with Crippen LogP contribution in [0.4, 0.5) is 0 Å². The molecule has 9 heteroatoms. The third-order valence-electron chi connectivity index (χ3n) is 7.04. The Morgan fingerprint density at radius 2 is 1.88 bits per heavy atom. The molecule has 2 aliphatic rings. The quantitative estimate of drug-likeness (QED) is 0.470.